The lowest BCUT2D eigenvalue weighted by Crippen LogP contribution is -2.55. The number of piperidine rings is 1. The molecular formula is C12H25N3O. The van der Waals surface area contributed by atoms with Gasteiger partial charge in [0.2, 0.25) is 5.91 Å². The van der Waals surface area contributed by atoms with Gasteiger partial charge in [-0.2, -0.15) is 0 Å². The number of primary amides is 1. The van der Waals surface area contributed by atoms with Crippen molar-refractivity contribution in [3.63, 3.8) is 0 Å². The number of carbonyl (C=O) groups is 1. The van der Waals surface area contributed by atoms with Crippen molar-refractivity contribution >= 4 is 5.91 Å². The Balaban J connectivity index is 2.68. The van der Waals surface area contributed by atoms with E-state index in [1.54, 1.807) is 0 Å². The summed E-state index contributed by atoms with van der Waals surface area (Å²) in [6.07, 6.45) is 4.26. The van der Waals surface area contributed by atoms with Gasteiger partial charge in [0.05, 0.1) is 6.04 Å². The van der Waals surface area contributed by atoms with Crippen LogP contribution in [0.1, 0.15) is 39.5 Å². The number of nitrogens with two attached hydrogens (primary N) is 2. The molecule has 0 radical (unpaired) electrons. The van der Waals surface area contributed by atoms with Crippen LogP contribution < -0.4 is 11.5 Å². The fraction of sp³-hybridized carbons (Fsp3) is 0.917. The maximum absolute atomic E-state index is 11.4. The number of amides is 1. The van der Waals surface area contributed by atoms with Crippen molar-refractivity contribution in [1.82, 2.24) is 4.90 Å². The maximum atomic E-state index is 11.4. The number of nitrogens with zero attached hydrogens (tertiary/aromatic N) is 1. The number of hydrogen-bond acceptors (Lipinski definition) is 3. The molecule has 1 aliphatic heterocycles. The summed E-state index contributed by atoms with van der Waals surface area (Å²) in [4.78, 5) is 13.6. The van der Waals surface area contributed by atoms with Crippen LogP contribution in [0.4, 0.5) is 0 Å². The molecule has 94 valence electrons. The van der Waals surface area contributed by atoms with Crippen LogP contribution in [0.25, 0.3) is 0 Å². The highest BCUT2D eigenvalue weighted by Crippen LogP contribution is 2.27. The molecule has 0 spiro atoms. The molecule has 0 aromatic rings. The Kier molecular flexibility index (Phi) is 5.22. The fourth-order valence-corrected chi connectivity index (χ4v) is 2.76. The van der Waals surface area contributed by atoms with Crippen LogP contribution in [0.3, 0.4) is 0 Å². The first-order chi connectivity index (χ1) is 7.63. The van der Waals surface area contributed by atoms with E-state index >= 15 is 0 Å². The normalized spacial score (nSPS) is 28.9. The van der Waals surface area contributed by atoms with E-state index in [9.17, 15) is 4.79 Å². The molecule has 4 N–H and O–H groups in total. The number of rotatable bonds is 5. The highest BCUT2D eigenvalue weighted by atomic mass is 16.1. The lowest BCUT2D eigenvalue weighted by atomic mass is 9.87. The predicted octanol–water partition coefficient (Wildman–Crippen LogP) is 0.700. The smallest absolute Gasteiger partial charge is 0.234 e. The van der Waals surface area contributed by atoms with Crippen molar-refractivity contribution < 1.29 is 4.79 Å². The Morgan fingerprint density at radius 3 is 2.62 bits per heavy atom. The summed E-state index contributed by atoms with van der Waals surface area (Å²) in [5, 5.41) is 0. The monoisotopic (exact) mass is 227 g/mol. The number of hydrogen-bond donors (Lipinski definition) is 2. The quantitative estimate of drug-likeness (QED) is 0.726. The minimum Gasteiger partial charge on any atom is -0.368 e. The number of likely N-dealkylation sites (tertiary alicyclic amines) is 1. The van der Waals surface area contributed by atoms with Gasteiger partial charge in [0, 0.05) is 12.6 Å². The van der Waals surface area contributed by atoms with Gasteiger partial charge in [-0.3, -0.25) is 9.69 Å². The first kappa shape index (κ1) is 13.5. The zero-order valence-corrected chi connectivity index (χ0v) is 10.5. The molecule has 0 saturated carbocycles. The third kappa shape index (κ3) is 2.95. The molecule has 4 heteroatoms. The largest absolute Gasteiger partial charge is 0.368 e. The molecule has 0 aliphatic carbocycles. The summed E-state index contributed by atoms with van der Waals surface area (Å²) in [7, 11) is 0. The standard InChI is InChI=1S/C12H25N3O/c1-3-9-5-6-15(10(7-9)8-13)11(4-2)12(14)16/h9-11H,3-8,13H2,1-2H3,(H2,14,16). The van der Waals surface area contributed by atoms with Crippen LogP contribution in [-0.2, 0) is 4.79 Å². The molecule has 1 rings (SSSR count). The minimum atomic E-state index is -0.212. The summed E-state index contributed by atoms with van der Waals surface area (Å²) in [6, 6.07) is 0.197. The van der Waals surface area contributed by atoms with Crippen molar-refractivity contribution in [2.24, 2.45) is 17.4 Å². The molecule has 16 heavy (non-hydrogen) atoms. The summed E-state index contributed by atoms with van der Waals surface area (Å²) < 4.78 is 0. The summed E-state index contributed by atoms with van der Waals surface area (Å²) in [5.74, 6) is 0.547. The average Bonchev–Trinajstić information content (AvgIpc) is 2.29. The van der Waals surface area contributed by atoms with Gasteiger partial charge in [-0.05, 0) is 31.7 Å². The average molecular weight is 227 g/mol. The molecule has 3 unspecified atom stereocenters. The molecule has 1 aliphatic rings. The third-order valence-electron chi connectivity index (χ3n) is 3.83. The van der Waals surface area contributed by atoms with Crippen molar-refractivity contribution in [2.45, 2.75) is 51.6 Å². The fourth-order valence-electron chi connectivity index (χ4n) is 2.76. The Morgan fingerprint density at radius 1 is 1.50 bits per heavy atom. The topological polar surface area (TPSA) is 72.3 Å². The highest BCUT2D eigenvalue weighted by Gasteiger charge is 2.33. The minimum absolute atomic E-state index is 0.133. The van der Waals surface area contributed by atoms with Crippen molar-refractivity contribution in [2.75, 3.05) is 13.1 Å². The van der Waals surface area contributed by atoms with Gasteiger partial charge in [0.25, 0.3) is 0 Å². The van der Waals surface area contributed by atoms with Gasteiger partial charge in [-0.15, -0.1) is 0 Å². The Hall–Kier alpha value is -0.610. The zero-order valence-electron chi connectivity index (χ0n) is 10.5. The van der Waals surface area contributed by atoms with E-state index in [4.69, 9.17) is 11.5 Å². The molecule has 1 amide bonds. The predicted molar refractivity (Wildman–Crippen MR) is 65.8 cm³/mol. The molecule has 0 aromatic heterocycles. The van der Waals surface area contributed by atoms with Gasteiger partial charge in [0.15, 0.2) is 0 Å². The second-order valence-corrected chi connectivity index (χ2v) is 4.75. The molecule has 1 heterocycles. The summed E-state index contributed by atoms with van der Waals surface area (Å²) >= 11 is 0. The van der Waals surface area contributed by atoms with Crippen LogP contribution >= 0.6 is 0 Å². The van der Waals surface area contributed by atoms with Gasteiger partial charge in [0.1, 0.15) is 0 Å². The van der Waals surface area contributed by atoms with Crippen LogP contribution in [-0.4, -0.2) is 36.0 Å². The SMILES string of the molecule is CCC1CCN(C(CC)C(N)=O)C(CN)C1. The van der Waals surface area contributed by atoms with Gasteiger partial charge in [-0.1, -0.05) is 20.3 Å². The van der Waals surface area contributed by atoms with E-state index in [1.807, 2.05) is 6.92 Å². The molecular weight excluding hydrogens is 202 g/mol. The highest BCUT2D eigenvalue weighted by molar-refractivity contribution is 5.79. The van der Waals surface area contributed by atoms with Crippen molar-refractivity contribution in [3.05, 3.63) is 0 Å². The van der Waals surface area contributed by atoms with Crippen molar-refractivity contribution in [1.29, 1.82) is 0 Å². The first-order valence-electron chi connectivity index (χ1n) is 6.39. The third-order valence-corrected chi connectivity index (χ3v) is 3.83. The molecule has 4 nitrogen and oxygen atoms in total. The summed E-state index contributed by atoms with van der Waals surface area (Å²) in [5.41, 5.74) is 11.3. The van der Waals surface area contributed by atoms with E-state index in [0.717, 1.165) is 31.7 Å². The molecule has 3 atom stereocenters. The Morgan fingerprint density at radius 2 is 2.19 bits per heavy atom. The van der Waals surface area contributed by atoms with E-state index in [1.165, 1.54) is 6.42 Å². The van der Waals surface area contributed by atoms with Crippen LogP contribution in [0.15, 0.2) is 0 Å². The van der Waals surface area contributed by atoms with Crippen LogP contribution in [0.2, 0.25) is 0 Å². The second-order valence-electron chi connectivity index (χ2n) is 4.75. The number of carbonyl (C=O) groups excluding carboxylic acids is 1. The van der Waals surface area contributed by atoms with Crippen LogP contribution in [0.5, 0.6) is 0 Å². The lowest BCUT2D eigenvalue weighted by molar-refractivity contribution is -0.125. The second kappa shape index (κ2) is 6.21. The lowest BCUT2D eigenvalue weighted by Gasteiger charge is -2.42. The van der Waals surface area contributed by atoms with E-state index in [0.29, 0.717) is 12.6 Å². The molecule has 1 fully saturated rings. The van der Waals surface area contributed by atoms with Gasteiger partial charge >= 0.3 is 0 Å². The Bertz CT molecular complexity index is 232. The zero-order chi connectivity index (χ0) is 12.1. The van der Waals surface area contributed by atoms with Gasteiger partial charge in [-0.25, -0.2) is 0 Å². The molecule has 0 bridgehead atoms. The van der Waals surface area contributed by atoms with E-state index < -0.39 is 0 Å². The molecule has 1 saturated heterocycles. The summed E-state index contributed by atoms with van der Waals surface area (Å²) in [6.45, 7) is 5.82. The molecule has 0 aromatic carbocycles. The maximum Gasteiger partial charge on any atom is 0.234 e. The van der Waals surface area contributed by atoms with Gasteiger partial charge < -0.3 is 11.5 Å². The van der Waals surface area contributed by atoms with E-state index in [2.05, 4.69) is 11.8 Å². The van der Waals surface area contributed by atoms with E-state index in [-0.39, 0.29) is 11.9 Å². The van der Waals surface area contributed by atoms with Crippen molar-refractivity contribution in [3.8, 4) is 0 Å². The first-order valence-corrected chi connectivity index (χ1v) is 6.39. The Labute approximate surface area is 98.3 Å². The van der Waals surface area contributed by atoms with Crippen LogP contribution in [0, 0.1) is 5.92 Å².